The summed E-state index contributed by atoms with van der Waals surface area (Å²) < 4.78 is 1.80. The minimum Gasteiger partial charge on any atom is -0.327 e. The number of likely N-dealkylation sites (tertiary alicyclic amines) is 1. The van der Waals surface area contributed by atoms with Gasteiger partial charge in [-0.3, -0.25) is 14.4 Å². The SMILES string of the molecule is Cc1nn(C)c(C)c1NC(=O)CN1CC2CCCC(N)C2C1.Cl.Cl. The van der Waals surface area contributed by atoms with Crippen LogP contribution in [0.2, 0.25) is 0 Å². The van der Waals surface area contributed by atoms with Gasteiger partial charge in [0.25, 0.3) is 0 Å². The molecule has 2 heterocycles. The summed E-state index contributed by atoms with van der Waals surface area (Å²) in [5.74, 6) is 1.30. The number of hydrogen-bond donors (Lipinski definition) is 2. The molecule has 0 bridgehead atoms. The molecule has 0 spiro atoms. The van der Waals surface area contributed by atoms with Gasteiger partial charge in [0.05, 0.1) is 23.6 Å². The summed E-state index contributed by atoms with van der Waals surface area (Å²) in [7, 11) is 1.89. The number of aromatic nitrogens is 2. The van der Waals surface area contributed by atoms with Gasteiger partial charge < -0.3 is 11.1 Å². The van der Waals surface area contributed by atoms with E-state index in [1.54, 1.807) is 4.68 Å². The minimum absolute atomic E-state index is 0. The molecule has 3 rings (SSSR count). The van der Waals surface area contributed by atoms with E-state index in [-0.39, 0.29) is 30.7 Å². The topological polar surface area (TPSA) is 76.2 Å². The smallest absolute Gasteiger partial charge is 0.238 e. The number of rotatable bonds is 3. The van der Waals surface area contributed by atoms with E-state index in [9.17, 15) is 4.79 Å². The third-order valence-corrected chi connectivity index (χ3v) is 5.37. The quantitative estimate of drug-likeness (QED) is 0.842. The summed E-state index contributed by atoms with van der Waals surface area (Å²) in [6.45, 7) is 6.32. The third kappa shape index (κ3) is 4.23. The Morgan fingerprint density at radius 2 is 2.00 bits per heavy atom. The lowest BCUT2D eigenvalue weighted by atomic mass is 9.78. The number of carbonyl (C=O) groups excluding carboxylic acids is 1. The van der Waals surface area contributed by atoms with Gasteiger partial charge in [0.15, 0.2) is 0 Å². The van der Waals surface area contributed by atoms with Crippen molar-refractivity contribution in [2.45, 2.75) is 39.2 Å². The van der Waals surface area contributed by atoms with Crippen molar-refractivity contribution in [2.75, 3.05) is 25.0 Å². The number of hydrogen-bond acceptors (Lipinski definition) is 4. The van der Waals surface area contributed by atoms with Crippen molar-refractivity contribution in [3.63, 3.8) is 0 Å². The van der Waals surface area contributed by atoms with Crippen LogP contribution in [0.3, 0.4) is 0 Å². The van der Waals surface area contributed by atoms with Crippen LogP contribution in [-0.2, 0) is 11.8 Å². The normalized spacial score (nSPS) is 26.2. The lowest BCUT2D eigenvalue weighted by Crippen LogP contribution is -2.38. The fourth-order valence-corrected chi connectivity index (χ4v) is 4.07. The molecule has 2 fully saturated rings. The first-order chi connectivity index (χ1) is 10.5. The number of anilines is 1. The van der Waals surface area contributed by atoms with Gasteiger partial charge in [-0.05, 0) is 38.5 Å². The lowest BCUT2D eigenvalue weighted by Gasteiger charge is -2.29. The summed E-state index contributed by atoms with van der Waals surface area (Å²) in [5, 5.41) is 7.36. The maximum absolute atomic E-state index is 12.3. The molecule has 24 heavy (non-hydrogen) atoms. The van der Waals surface area contributed by atoms with Crippen molar-refractivity contribution in [2.24, 2.45) is 24.6 Å². The lowest BCUT2D eigenvalue weighted by molar-refractivity contribution is -0.117. The van der Waals surface area contributed by atoms with Crippen molar-refractivity contribution in [1.82, 2.24) is 14.7 Å². The van der Waals surface area contributed by atoms with Crippen LogP contribution >= 0.6 is 24.8 Å². The summed E-state index contributed by atoms with van der Waals surface area (Å²) >= 11 is 0. The van der Waals surface area contributed by atoms with Crippen LogP contribution < -0.4 is 11.1 Å². The highest BCUT2D eigenvalue weighted by atomic mass is 35.5. The third-order valence-electron chi connectivity index (χ3n) is 5.37. The van der Waals surface area contributed by atoms with E-state index in [1.807, 2.05) is 20.9 Å². The molecule has 1 aliphatic heterocycles. The van der Waals surface area contributed by atoms with Crippen LogP contribution in [0.25, 0.3) is 0 Å². The summed E-state index contributed by atoms with van der Waals surface area (Å²) in [6, 6.07) is 0.314. The Morgan fingerprint density at radius 1 is 1.29 bits per heavy atom. The molecule has 2 aliphatic rings. The molecule has 1 aromatic rings. The number of nitrogens with two attached hydrogens (primary N) is 1. The van der Waals surface area contributed by atoms with Gasteiger partial charge in [0.2, 0.25) is 5.91 Å². The monoisotopic (exact) mass is 377 g/mol. The zero-order chi connectivity index (χ0) is 15.9. The average molecular weight is 378 g/mol. The van der Waals surface area contributed by atoms with Crippen molar-refractivity contribution in [3.8, 4) is 0 Å². The van der Waals surface area contributed by atoms with Crippen molar-refractivity contribution in [1.29, 1.82) is 0 Å². The molecule has 1 saturated carbocycles. The fourth-order valence-electron chi connectivity index (χ4n) is 4.07. The van der Waals surface area contributed by atoms with E-state index in [4.69, 9.17) is 5.73 Å². The molecule has 3 N–H and O–H groups in total. The highest BCUT2D eigenvalue weighted by molar-refractivity contribution is 5.93. The summed E-state index contributed by atoms with van der Waals surface area (Å²) in [6.07, 6.45) is 3.63. The van der Waals surface area contributed by atoms with Gasteiger partial charge in [-0.15, -0.1) is 24.8 Å². The van der Waals surface area contributed by atoms with Crippen LogP contribution in [-0.4, -0.2) is 46.3 Å². The van der Waals surface area contributed by atoms with Crippen LogP contribution in [0.5, 0.6) is 0 Å². The minimum atomic E-state index is 0. The Hall–Kier alpha value is -0.820. The number of carbonyl (C=O) groups is 1. The van der Waals surface area contributed by atoms with Gasteiger partial charge in [-0.25, -0.2) is 0 Å². The highest BCUT2D eigenvalue weighted by Crippen LogP contribution is 2.35. The first kappa shape index (κ1) is 21.2. The predicted octanol–water partition coefficient (Wildman–Crippen LogP) is 1.88. The Bertz CT molecular complexity index is 577. The maximum atomic E-state index is 12.3. The molecular weight excluding hydrogens is 349 g/mol. The Kier molecular flexibility index (Phi) is 7.53. The second kappa shape index (κ2) is 8.52. The molecule has 0 aromatic carbocycles. The average Bonchev–Trinajstić information content (AvgIpc) is 2.96. The summed E-state index contributed by atoms with van der Waals surface area (Å²) in [4.78, 5) is 14.6. The zero-order valence-electron chi connectivity index (χ0n) is 14.6. The van der Waals surface area contributed by atoms with E-state index < -0.39 is 0 Å². The van der Waals surface area contributed by atoms with Gasteiger partial charge in [0, 0.05) is 26.2 Å². The van der Waals surface area contributed by atoms with Crippen LogP contribution in [0.15, 0.2) is 0 Å². The second-order valence-electron chi connectivity index (χ2n) is 6.93. The summed E-state index contributed by atoms with van der Waals surface area (Å²) in [5.41, 5.74) is 8.94. The molecule has 8 heteroatoms. The Balaban J connectivity index is 0.00000144. The molecule has 1 aliphatic carbocycles. The molecule has 138 valence electrons. The van der Waals surface area contributed by atoms with Crippen LogP contribution in [0, 0.1) is 25.7 Å². The molecule has 3 atom stereocenters. The molecule has 3 unspecified atom stereocenters. The molecule has 0 radical (unpaired) electrons. The zero-order valence-corrected chi connectivity index (χ0v) is 16.3. The van der Waals surface area contributed by atoms with E-state index in [0.29, 0.717) is 24.4 Å². The largest absolute Gasteiger partial charge is 0.327 e. The first-order valence-electron chi connectivity index (χ1n) is 8.23. The maximum Gasteiger partial charge on any atom is 0.238 e. The number of amides is 1. The number of nitrogens with zero attached hydrogens (tertiary/aromatic N) is 3. The van der Waals surface area contributed by atoms with Crippen molar-refractivity contribution in [3.05, 3.63) is 11.4 Å². The number of halogens is 2. The van der Waals surface area contributed by atoms with E-state index >= 15 is 0 Å². The van der Waals surface area contributed by atoms with Gasteiger partial charge >= 0.3 is 0 Å². The molecule has 1 amide bonds. The number of aryl methyl sites for hydroxylation is 2. The van der Waals surface area contributed by atoms with Gasteiger partial charge in [0.1, 0.15) is 0 Å². The standard InChI is InChI=1S/C16H27N5O.2ClH/c1-10-16(11(2)20(3)19-10)18-15(22)9-21-7-12-5-4-6-14(17)13(12)8-21;;/h12-14H,4-9,17H2,1-3H3,(H,18,22);2*1H. The number of nitrogens with one attached hydrogen (secondary N) is 1. The van der Waals surface area contributed by atoms with E-state index in [2.05, 4.69) is 15.3 Å². The molecule has 1 aromatic heterocycles. The van der Waals surface area contributed by atoms with Crippen molar-refractivity contribution >= 4 is 36.4 Å². The number of fused-ring (bicyclic) bond motifs is 1. The highest BCUT2D eigenvalue weighted by Gasteiger charge is 2.39. The van der Waals surface area contributed by atoms with E-state index in [0.717, 1.165) is 36.6 Å². The van der Waals surface area contributed by atoms with Crippen LogP contribution in [0.4, 0.5) is 5.69 Å². The van der Waals surface area contributed by atoms with Gasteiger partial charge in [-0.2, -0.15) is 5.10 Å². The molecule has 6 nitrogen and oxygen atoms in total. The van der Waals surface area contributed by atoms with Crippen LogP contribution in [0.1, 0.15) is 30.7 Å². The predicted molar refractivity (Wildman–Crippen MR) is 101 cm³/mol. The molecular formula is C16H29Cl2N5O. The Morgan fingerprint density at radius 3 is 2.58 bits per heavy atom. The first-order valence-corrected chi connectivity index (χ1v) is 8.23. The van der Waals surface area contributed by atoms with Gasteiger partial charge in [-0.1, -0.05) is 6.42 Å². The second-order valence-corrected chi connectivity index (χ2v) is 6.93. The van der Waals surface area contributed by atoms with E-state index in [1.165, 1.54) is 12.8 Å². The fraction of sp³-hybridized carbons (Fsp3) is 0.750. The Labute approximate surface area is 156 Å². The van der Waals surface area contributed by atoms with Crippen molar-refractivity contribution < 1.29 is 4.79 Å². The molecule has 1 saturated heterocycles.